The van der Waals surface area contributed by atoms with Crippen LogP contribution < -0.4 is 0 Å². The number of hydrogen-bond acceptors (Lipinski definition) is 6. The molecule has 0 unspecified atom stereocenters. The van der Waals surface area contributed by atoms with Crippen molar-refractivity contribution in [1.29, 1.82) is 0 Å². The van der Waals surface area contributed by atoms with Gasteiger partial charge >= 0.3 is 12.2 Å². The molecule has 0 saturated heterocycles. The molecule has 0 aliphatic rings. The molecule has 0 atom stereocenters. The minimum Gasteiger partial charge on any atom is -0.443 e. The van der Waals surface area contributed by atoms with Crippen molar-refractivity contribution in [3.63, 3.8) is 0 Å². The number of carbonyl (C=O) groups is 3. The van der Waals surface area contributed by atoms with Crippen molar-refractivity contribution < 1.29 is 28.6 Å². The molecule has 8 nitrogen and oxygen atoms in total. The zero-order valence-corrected chi connectivity index (χ0v) is 23.3. The second-order valence-corrected chi connectivity index (χ2v) is 16.9. The minimum atomic E-state index is -1.35. The van der Waals surface area contributed by atoms with Crippen molar-refractivity contribution in [2.75, 3.05) is 13.3 Å². The molecule has 34 heavy (non-hydrogen) atoms. The van der Waals surface area contributed by atoms with E-state index in [0.717, 1.165) is 6.04 Å². The summed E-state index contributed by atoms with van der Waals surface area (Å²) < 4.78 is 16.8. The van der Waals surface area contributed by atoms with Crippen molar-refractivity contribution in [1.82, 2.24) is 4.90 Å². The van der Waals surface area contributed by atoms with Crippen LogP contribution in [0.2, 0.25) is 25.7 Å². The van der Waals surface area contributed by atoms with Gasteiger partial charge in [0.15, 0.2) is 11.6 Å². The van der Waals surface area contributed by atoms with Crippen LogP contribution in [0.25, 0.3) is 0 Å². The molecule has 0 bridgehead atoms. The summed E-state index contributed by atoms with van der Waals surface area (Å²) in [6, 6.07) is 7.38. The number of aliphatic imine (C=N–C) groups is 1. The average molecular weight is 493 g/mol. The van der Waals surface area contributed by atoms with Crippen LogP contribution in [0.3, 0.4) is 0 Å². The highest BCUT2D eigenvalue weighted by Gasteiger charge is 2.29. The third kappa shape index (κ3) is 11.6. The van der Waals surface area contributed by atoms with Crippen LogP contribution in [0.1, 0.15) is 64.4 Å². The lowest BCUT2D eigenvalue weighted by molar-refractivity contribution is 0.0104. The average Bonchev–Trinajstić information content (AvgIpc) is 2.63. The maximum atomic E-state index is 13.2. The summed E-state index contributed by atoms with van der Waals surface area (Å²) in [4.78, 5) is 42.8. The third-order valence-electron chi connectivity index (χ3n) is 4.23. The molecule has 1 aromatic carbocycles. The van der Waals surface area contributed by atoms with Gasteiger partial charge in [0.1, 0.15) is 17.9 Å². The molecular formula is C25H40N2O6Si. The van der Waals surface area contributed by atoms with Gasteiger partial charge in [0.2, 0.25) is 0 Å². The van der Waals surface area contributed by atoms with E-state index in [9.17, 15) is 14.4 Å². The fourth-order valence-corrected chi connectivity index (χ4v) is 3.31. The second kappa shape index (κ2) is 11.7. The fourth-order valence-electron chi connectivity index (χ4n) is 2.56. The highest BCUT2D eigenvalue weighted by molar-refractivity contribution is 6.76. The molecule has 9 heteroatoms. The quantitative estimate of drug-likeness (QED) is 0.114. The predicted molar refractivity (Wildman–Crippen MR) is 136 cm³/mol. The standard InChI is InChI=1S/C25H40N2O6Si/c1-18(28)19-11-13-20(14-12-19)21(26-22(29)32-24(2,3)4)27(23(30)33-25(5,6)7)17-31-15-16-34(8,9)10/h11-14H,15-17H2,1-10H3/b26-21+. The van der Waals surface area contributed by atoms with Crippen molar-refractivity contribution in [3.05, 3.63) is 35.4 Å². The highest BCUT2D eigenvalue weighted by Crippen LogP contribution is 2.17. The van der Waals surface area contributed by atoms with Crippen molar-refractivity contribution in [2.45, 2.75) is 85.4 Å². The SMILES string of the molecule is CC(=O)c1ccc(/C(=N\C(=O)OC(C)(C)C)N(COCC[Si](C)(C)C)C(=O)OC(C)(C)C)cc1. The zero-order chi connectivity index (χ0) is 26.3. The van der Waals surface area contributed by atoms with Crippen molar-refractivity contribution >= 4 is 31.9 Å². The van der Waals surface area contributed by atoms with E-state index in [4.69, 9.17) is 14.2 Å². The van der Waals surface area contributed by atoms with Crippen molar-refractivity contribution in [3.8, 4) is 0 Å². The molecule has 0 spiro atoms. The third-order valence-corrected chi connectivity index (χ3v) is 5.93. The van der Waals surface area contributed by atoms with Crippen LogP contribution in [0.5, 0.6) is 0 Å². The number of amidine groups is 1. The van der Waals surface area contributed by atoms with Crippen LogP contribution in [0.15, 0.2) is 29.3 Å². The van der Waals surface area contributed by atoms with Crippen LogP contribution in [0.4, 0.5) is 9.59 Å². The molecule has 190 valence electrons. The van der Waals surface area contributed by atoms with Gasteiger partial charge in [-0.25, -0.2) is 14.5 Å². The summed E-state index contributed by atoms with van der Waals surface area (Å²) in [5.74, 6) is -0.0811. The molecule has 1 aromatic rings. The smallest absolute Gasteiger partial charge is 0.436 e. The summed E-state index contributed by atoms with van der Waals surface area (Å²) in [7, 11) is -1.35. The Balaban J connectivity index is 3.43. The Morgan fingerprint density at radius 1 is 0.882 bits per heavy atom. The molecule has 0 aromatic heterocycles. The number of rotatable bonds is 7. The first kappa shape index (κ1) is 29.5. The topological polar surface area (TPSA) is 94.5 Å². The van der Waals surface area contributed by atoms with Gasteiger partial charge in [0.05, 0.1) is 0 Å². The molecule has 0 heterocycles. The number of nitrogens with zero attached hydrogens (tertiary/aromatic N) is 2. The van der Waals surface area contributed by atoms with E-state index in [2.05, 4.69) is 24.6 Å². The van der Waals surface area contributed by atoms with E-state index < -0.39 is 31.5 Å². The monoisotopic (exact) mass is 492 g/mol. The first-order chi connectivity index (χ1) is 15.4. The Morgan fingerprint density at radius 3 is 1.82 bits per heavy atom. The summed E-state index contributed by atoms with van der Waals surface area (Å²) in [5.41, 5.74) is -0.608. The predicted octanol–water partition coefficient (Wildman–Crippen LogP) is 6.12. The molecule has 0 aliphatic carbocycles. The largest absolute Gasteiger partial charge is 0.443 e. The Bertz CT molecular complexity index is 890. The lowest BCUT2D eigenvalue weighted by Gasteiger charge is -2.28. The van der Waals surface area contributed by atoms with Crippen molar-refractivity contribution in [2.24, 2.45) is 4.99 Å². The number of ether oxygens (including phenoxy) is 3. The van der Waals surface area contributed by atoms with Gasteiger partial charge in [-0.15, -0.1) is 0 Å². The first-order valence-corrected chi connectivity index (χ1v) is 15.1. The van der Waals surface area contributed by atoms with E-state index in [1.54, 1.807) is 65.8 Å². The molecular weight excluding hydrogens is 452 g/mol. The lowest BCUT2D eigenvalue weighted by Crippen LogP contribution is -2.43. The summed E-state index contributed by atoms with van der Waals surface area (Å²) in [6.45, 7) is 18.9. The molecule has 2 amide bonds. The lowest BCUT2D eigenvalue weighted by atomic mass is 10.1. The minimum absolute atomic E-state index is 0.0200. The number of ketones is 1. The Labute approximate surface area is 204 Å². The van der Waals surface area contributed by atoms with E-state index in [1.807, 2.05) is 0 Å². The van der Waals surface area contributed by atoms with Crippen LogP contribution in [-0.2, 0) is 14.2 Å². The van der Waals surface area contributed by atoms with Gasteiger partial charge in [0.25, 0.3) is 0 Å². The molecule has 0 fully saturated rings. The molecule has 0 aliphatic heterocycles. The van der Waals surface area contributed by atoms with Crippen LogP contribution >= 0.6 is 0 Å². The van der Waals surface area contributed by atoms with Crippen LogP contribution in [-0.4, -0.2) is 61.3 Å². The normalized spacial score (nSPS) is 12.8. The Hall–Kier alpha value is -2.52. The number of carbonyl (C=O) groups excluding carboxylic acids is 3. The van der Waals surface area contributed by atoms with Gasteiger partial charge in [-0.3, -0.25) is 4.79 Å². The van der Waals surface area contributed by atoms with E-state index in [-0.39, 0.29) is 18.3 Å². The molecule has 0 N–H and O–H groups in total. The van der Waals surface area contributed by atoms with E-state index in [0.29, 0.717) is 17.7 Å². The molecule has 0 radical (unpaired) electrons. The second-order valence-electron chi connectivity index (χ2n) is 11.3. The molecule has 1 rings (SSSR count). The number of hydrogen-bond donors (Lipinski definition) is 0. The molecule has 0 saturated carbocycles. The van der Waals surface area contributed by atoms with Gasteiger partial charge in [-0.2, -0.15) is 4.99 Å². The highest BCUT2D eigenvalue weighted by atomic mass is 28.3. The zero-order valence-electron chi connectivity index (χ0n) is 22.3. The Kier molecular flexibility index (Phi) is 10.2. The Morgan fingerprint density at radius 2 is 1.38 bits per heavy atom. The van der Waals surface area contributed by atoms with Gasteiger partial charge in [-0.05, 0) is 54.5 Å². The summed E-state index contributed by atoms with van der Waals surface area (Å²) >= 11 is 0. The number of Topliss-reactive ketones (excluding diaryl/α,β-unsaturated/α-hetero) is 1. The van der Waals surface area contributed by atoms with E-state index >= 15 is 0 Å². The summed E-state index contributed by atoms with van der Waals surface area (Å²) in [5, 5.41) is 0. The van der Waals surface area contributed by atoms with E-state index in [1.165, 1.54) is 11.8 Å². The van der Waals surface area contributed by atoms with Gasteiger partial charge in [-0.1, -0.05) is 43.9 Å². The first-order valence-electron chi connectivity index (χ1n) is 11.4. The maximum absolute atomic E-state index is 13.2. The maximum Gasteiger partial charge on any atom is 0.436 e. The van der Waals surface area contributed by atoms with Crippen LogP contribution in [0, 0.1) is 0 Å². The number of amides is 2. The van der Waals surface area contributed by atoms with Gasteiger partial charge in [0, 0.05) is 25.8 Å². The fraction of sp³-hybridized carbons (Fsp3) is 0.600. The number of benzene rings is 1. The summed E-state index contributed by atoms with van der Waals surface area (Å²) in [6.07, 6.45) is -1.56. The van der Waals surface area contributed by atoms with Gasteiger partial charge < -0.3 is 14.2 Å².